The van der Waals surface area contributed by atoms with Crippen LogP contribution in [0.3, 0.4) is 0 Å². The maximum atomic E-state index is 12.2. The molecule has 5 nitrogen and oxygen atoms in total. The van der Waals surface area contributed by atoms with Gasteiger partial charge in [0.2, 0.25) is 0 Å². The number of rotatable bonds is 2. The molecule has 1 fully saturated rings. The van der Waals surface area contributed by atoms with Crippen molar-refractivity contribution in [1.29, 1.82) is 0 Å². The fourth-order valence-electron chi connectivity index (χ4n) is 2.08. The van der Waals surface area contributed by atoms with Gasteiger partial charge in [-0.15, -0.1) is 0 Å². The Morgan fingerprint density at radius 1 is 1.24 bits per heavy atom. The number of likely N-dealkylation sites (tertiary alicyclic amines) is 1. The molecule has 0 unspecified atom stereocenters. The lowest BCUT2D eigenvalue weighted by atomic mass is 10.0. The Bertz CT molecular complexity index is 391. The van der Waals surface area contributed by atoms with Crippen LogP contribution in [0.4, 0.5) is 18.0 Å². The van der Waals surface area contributed by atoms with Crippen LogP contribution in [-0.4, -0.2) is 47.8 Å². The highest BCUT2D eigenvalue weighted by Gasteiger charge is 2.39. The van der Waals surface area contributed by atoms with Crippen molar-refractivity contribution in [2.45, 2.75) is 57.9 Å². The third-order valence-electron chi connectivity index (χ3n) is 3.01. The quantitative estimate of drug-likeness (QED) is 0.852. The van der Waals surface area contributed by atoms with E-state index in [1.54, 1.807) is 20.8 Å². The lowest BCUT2D eigenvalue weighted by Gasteiger charge is -2.36. The summed E-state index contributed by atoms with van der Waals surface area (Å²) < 4.78 is 41.7. The Hall–Kier alpha value is -1.47. The van der Waals surface area contributed by atoms with E-state index in [0.29, 0.717) is 13.0 Å². The summed E-state index contributed by atoms with van der Waals surface area (Å²) in [7, 11) is 0. The van der Waals surface area contributed by atoms with Gasteiger partial charge < -0.3 is 15.0 Å². The van der Waals surface area contributed by atoms with E-state index in [9.17, 15) is 22.8 Å². The molecule has 0 spiro atoms. The molecular formula is C13H21F3N2O3. The molecule has 21 heavy (non-hydrogen) atoms. The van der Waals surface area contributed by atoms with Crippen LogP contribution < -0.4 is 5.32 Å². The van der Waals surface area contributed by atoms with Crippen LogP contribution in [0.25, 0.3) is 0 Å². The average molecular weight is 310 g/mol. The lowest BCUT2D eigenvalue weighted by molar-refractivity contribution is -0.173. The number of halogens is 3. The first-order valence-corrected chi connectivity index (χ1v) is 6.85. The van der Waals surface area contributed by atoms with Crippen LogP contribution >= 0.6 is 0 Å². The summed E-state index contributed by atoms with van der Waals surface area (Å²) in [5, 5.41) is 1.83. The SMILES string of the molecule is CC(C)(C)OC(=O)N1CCCC[C@@H]1CNC(=O)C(F)(F)F. The van der Waals surface area contributed by atoms with Crippen LogP contribution in [0.1, 0.15) is 40.0 Å². The van der Waals surface area contributed by atoms with Crippen molar-refractivity contribution in [2.24, 2.45) is 0 Å². The maximum Gasteiger partial charge on any atom is 0.471 e. The molecule has 0 aromatic rings. The van der Waals surface area contributed by atoms with Crippen molar-refractivity contribution in [3.63, 3.8) is 0 Å². The predicted octanol–water partition coefficient (Wildman–Crippen LogP) is 2.45. The Balaban J connectivity index is 2.61. The van der Waals surface area contributed by atoms with Gasteiger partial charge >= 0.3 is 18.2 Å². The van der Waals surface area contributed by atoms with Gasteiger partial charge in [0.05, 0.1) is 6.04 Å². The Morgan fingerprint density at radius 3 is 2.38 bits per heavy atom. The summed E-state index contributed by atoms with van der Waals surface area (Å²) in [6.45, 7) is 5.35. The zero-order valence-corrected chi connectivity index (χ0v) is 12.4. The van der Waals surface area contributed by atoms with E-state index < -0.39 is 29.8 Å². The van der Waals surface area contributed by atoms with Crippen molar-refractivity contribution in [3.8, 4) is 0 Å². The summed E-state index contributed by atoms with van der Waals surface area (Å²) >= 11 is 0. The number of carbonyl (C=O) groups excluding carboxylic acids is 2. The standard InChI is InChI=1S/C13H21F3N2O3/c1-12(2,3)21-11(20)18-7-5-4-6-9(18)8-17-10(19)13(14,15)16/h9H,4-8H2,1-3H3,(H,17,19)/t9-/m1/s1. The van der Waals surface area contributed by atoms with Crippen molar-refractivity contribution >= 4 is 12.0 Å². The summed E-state index contributed by atoms with van der Waals surface area (Å²) in [5.74, 6) is -1.99. The van der Waals surface area contributed by atoms with E-state index in [2.05, 4.69) is 0 Å². The first-order valence-electron chi connectivity index (χ1n) is 6.85. The minimum absolute atomic E-state index is 0.225. The number of amides is 2. The monoisotopic (exact) mass is 310 g/mol. The minimum atomic E-state index is -4.91. The first-order chi connectivity index (χ1) is 9.50. The molecule has 1 atom stereocenters. The molecule has 1 heterocycles. The fraction of sp³-hybridized carbons (Fsp3) is 0.846. The van der Waals surface area contributed by atoms with Gasteiger partial charge in [-0.05, 0) is 40.0 Å². The number of piperidine rings is 1. The van der Waals surface area contributed by atoms with Gasteiger partial charge in [-0.25, -0.2) is 4.79 Å². The highest BCUT2D eigenvalue weighted by Crippen LogP contribution is 2.21. The number of ether oxygens (including phenoxy) is 1. The third-order valence-corrected chi connectivity index (χ3v) is 3.01. The van der Waals surface area contributed by atoms with E-state index in [-0.39, 0.29) is 6.54 Å². The first kappa shape index (κ1) is 17.6. The summed E-state index contributed by atoms with van der Waals surface area (Å²) in [6.07, 6.45) is -3.37. The molecule has 0 radical (unpaired) electrons. The summed E-state index contributed by atoms with van der Waals surface area (Å²) in [6, 6.07) is -0.472. The molecule has 1 rings (SSSR count). The number of nitrogens with one attached hydrogen (secondary N) is 1. The predicted molar refractivity (Wildman–Crippen MR) is 69.6 cm³/mol. The zero-order chi connectivity index (χ0) is 16.3. The highest BCUT2D eigenvalue weighted by atomic mass is 19.4. The average Bonchev–Trinajstić information content (AvgIpc) is 2.33. The topological polar surface area (TPSA) is 58.6 Å². The van der Waals surface area contributed by atoms with Crippen LogP contribution in [0.2, 0.25) is 0 Å². The lowest BCUT2D eigenvalue weighted by Crippen LogP contribution is -2.52. The van der Waals surface area contributed by atoms with Crippen LogP contribution in [0.15, 0.2) is 0 Å². The molecule has 1 aliphatic heterocycles. The Morgan fingerprint density at radius 2 is 1.86 bits per heavy atom. The number of nitrogens with zero attached hydrogens (tertiary/aromatic N) is 1. The van der Waals surface area contributed by atoms with Gasteiger partial charge in [-0.2, -0.15) is 13.2 Å². The Kier molecular flexibility index (Phi) is 5.47. The van der Waals surface area contributed by atoms with Gasteiger partial charge in [-0.3, -0.25) is 4.79 Å². The highest BCUT2D eigenvalue weighted by molar-refractivity contribution is 5.81. The second-order valence-corrected chi connectivity index (χ2v) is 6.03. The van der Waals surface area contributed by atoms with E-state index in [1.165, 1.54) is 4.90 Å². The van der Waals surface area contributed by atoms with Gasteiger partial charge in [0.15, 0.2) is 0 Å². The second-order valence-electron chi connectivity index (χ2n) is 6.03. The van der Waals surface area contributed by atoms with Gasteiger partial charge in [0.1, 0.15) is 5.60 Å². The van der Waals surface area contributed by atoms with Crippen molar-refractivity contribution in [2.75, 3.05) is 13.1 Å². The Labute approximate surface area is 121 Å². The van der Waals surface area contributed by atoms with Crippen LogP contribution in [0, 0.1) is 0 Å². The largest absolute Gasteiger partial charge is 0.471 e. The molecule has 1 aliphatic rings. The van der Waals surface area contributed by atoms with E-state index in [1.807, 2.05) is 5.32 Å². The molecule has 0 aromatic carbocycles. The fourth-order valence-corrected chi connectivity index (χ4v) is 2.08. The van der Waals surface area contributed by atoms with Crippen molar-refractivity contribution < 1.29 is 27.5 Å². The maximum absolute atomic E-state index is 12.2. The molecule has 0 bridgehead atoms. The van der Waals surface area contributed by atoms with Crippen molar-refractivity contribution in [1.82, 2.24) is 10.2 Å². The molecule has 0 saturated carbocycles. The van der Waals surface area contributed by atoms with Crippen LogP contribution in [0.5, 0.6) is 0 Å². The molecular weight excluding hydrogens is 289 g/mol. The number of hydrogen-bond donors (Lipinski definition) is 1. The summed E-state index contributed by atoms with van der Waals surface area (Å²) in [5.41, 5.74) is -0.672. The van der Waals surface area contributed by atoms with Gasteiger partial charge in [0, 0.05) is 13.1 Å². The minimum Gasteiger partial charge on any atom is -0.444 e. The molecule has 8 heteroatoms. The number of carbonyl (C=O) groups is 2. The molecule has 0 aromatic heterocycles. The van der Waals surface area contributed by atoms with Gasteiger partial charge in [0.25, 0.3) is 0 Å². The zero-order valence-electron chi connectivity index (χ0n) is 12.4. The molecule has 2 amide bonds. The van der Waals surface area contributed by atoms with Gasteiger partial charge in [-0.1, -0.05) is 0 Å². The van der Waals surface area contributed by atoms with E-state index in [4.69, 9.17) is 4.74 Å². The molecule has 1 N–H and O–H groups in total. The second kappa shape index (κ2) is 6.53. The van der Waals surface area contributed by atoms with Crippen LogP contribution in [-0.2, 0) is 9.53 Å². The van der Waals surface area contributed by atoms with E-state index >= 15 is 0 Å². The molecule has 1 saturated heterocycles. The van der Waals surface area contributed by atoms with E-state index in [0.717, 1.165) is 12.8 Å². The summed E-state index contributed by atoms with van der Waals surface area (Å²) in [4.78, 5) is 24.3. The third kappa shape index (κ3) is 5.81. The van der Waals surface area contributed by atoms with Crippen molar-refractivity contribution in [3.05, 3.63) is 0 Å². The number of hydrogen-bond acceptors (Lipinski definition) is 3. The normalized spacial score (nSPS) is 20.1. The number of alkyl halides is 3. The smallest absolute Gasteiger partial charge is 0.444 e. The molecule has 122 valence electrons. The molecule has 0 aliphatic carbocycles.